The molecule has 0 amide bonds. The van der Waals surface area contributed by atoms with Crippen LogP contribution >= 0.6 is 11.3 Å². The maximum absolute atomic E-state index is 9.45. The van der Waals surface area contributed by atoms with Crippen LogP contribution < -0.4 is 4.90 Å². The van der Waals surface area contributed by atoms with Crippen LogP contribution in [0.2, 0.25) is 0 Å². The van der Waals surface area contributed by atoms with Crippen molar-refractivity contribution in [2.24, 2.45) is 0 Å². The van der Waals surface area contributed by atoms with Crippen LogP contribution in [0.25, 0.3) is 0 Å². The van der Waals surface area contributed by atoms with Crippen molar-refractivity contribution in [2.75, 3.05) is 11.4 Å². The van der Waals surface area contributed by atoms with Gasteiger partial charge in [-0.1, -0.05) is 32.1 Å². The Kier molecular flexibility index (Phi) is 4.62. The molecule has 1 aliphatic heterocycles. The standard InChI is InChI=1S/C14H24N2OS/c1-4-11-7-5-6-8-16(11)14-15-13(10(2)3)12(9-17)18-14/h10-11,17H,4-9H2,1-3H3. The summed E-state index contributed by atoms with van der Waals surface area (Å²) < 4.78 is 0. The SMILES string of the molecule is CCC1CCCCN1c1nc(C(C)C)c(CO)s1. The minimum atomic E-state index is 0.121. The zero-order valence-corrected chi connectivity index (χ0v) is 12.5. The third kappa shape index (κ3) is 2.69. The van der Waals surface area contributed by atoms with Crippen LogP contribution in [-0.4, -0.2) is 22.7 Å². The van der Waals surface area contributed by atoms with Crippen molar-refractivity contribution < 1.29 is 5.11 Å². The van der Waals surface area contributed by atoms with Crippen LogP contribution in [0, 0.1) is 0 Å². The van der Waals surface area contributed by atoms with Crippen molar-refractivity contribution in [1.82, 2.24) is 4.98 Å². The summed E-state index contributed by atoms with van der Waals surface area (Å²) in [6.07, 6.45) is 5.07. The molecule has 0 radical (unpaired) electrons. The lowest BCUT2D eigenvalue weighted by atomic mass is 10.0. The monoisotopic (exact) mass is 268 g/mol. The number of nitrogens with zero attached hydrogens (tertiary/aromatic N) is 2. The number of rotatable bonds is 4. The summed E-state index contributed by atoms with van der Waals surface area (Å²) in [6, 6.07) is 0.636. The van der Waals surface area contributed by atoms with E-state index in [0.29, 0.717) is 12.0 Å². The maximum atomic E-state index is 9.45. The van der Waals surface area contributed by atoms with Crippen LogP contribution in [0.15, 0.2) is 0 Å². The molecule has 0 bridgehead atoms. The fourth-order valence-electron chi connectivity index (χ4n) is 2.71. The number of aromatic nitrogens is 1. The molecule has 1 atom stereocenters. The van der Waals surface area contributed by atoms with Crippen LogP contribution in [0.5, 0.6) is 0 Å². The molecule has 18 heavy (non-hydrogen) atoms. The second-order valence-corrected chi connectivity index (χ2v) is 6.43. The summed E-state index contributed by atoms with van der Waals surface area (Å²) in [4.78, 5) is 8.29. The van der Waals surface area contributed by atoms with Crippen LogP contribution in [0.4, 0.5) is 5.13 Å². The fourth-order valence-corrected chi connectivity index (χ4v) is 3.89. The van der Waals surface area contributed by atoms with Crippen molar-refractivity contribution >= 4 is 16.5 Å². The molecule has 0 aliphatic carbocycles. The molecule has 1 aromatic heterocycles. The van der Waals surface area contributed by atoms with E-state index in [2.05, 4.69) is 25.7 Å². The van der Waals surface area contributed by atoms with E-state index in [4.69, 9.17) is 4.98 Å². The average Bonchev–Trinajstić information content (AvgIpc) is 2.82. The van der Waals surface area contributed by atoms with Gasteiger partial charge < -0.3 is 10.0 Å². The highest BCUT2D eigenvalue weighted by molar-refractivity contribution is 7.15. The first kappa shape index (κ1) is 13.8. The van der Waals surface area contributed by atoms with Gasteiger partial charge in [-0.3, -0.25) is 0 Å². The van der Waals surface area contributed by atoms with E-state index in [1.807, 2.05) is 0 Å². The molecular weight excluding hydrogens is 244 g/mol. The van der Waals surface area contributed by atoms with Gasteiger partial charge in [-0.25, -0.2) is 4.98 Å². The van der Waals surface area contributed by atoms with Crippen molar-refractivity contribution in [3.8, 4) is 0 Å². The van der Waals surface area contributed by atoms with Crippen molar-refractivity contribution in [3.63, 3.8) is 0 Å². The summed E-state index contributed by atoms with van der Waals surface area (Å²) in [5, 5.41) is 10.6. The Balaban J connectivity index is 2.26. The molecule has 4 heteroatoms. The van der Waals surface area contributed by atoms with E-state index in [9.17, 15) is 5.11 Å². The zero-order chi connectivity index (χ0) is 13.1. The molecule has 1 unspecified atom stereocenters. The van der Waals surface area contributed by atoms with Gasteiger partial charge in [0.2, 0.25) is 0 Å². The number of anilines is 1. The molecular formula is C14H24N2OS. The molecule has 1 N–H and O–H groups in total. The highest BCUT2D eigenvalue weighted by atomic mass is 32.1. The number of thiazole rings is 1. The van der Waals surface area contributed by atoms with Gasteiger partial charge in [0.15, 0.2) is 5.13 Å². The minimum Gasteiger partial charge on any atom is -0.391 e. The van der Waals surface area contributed by atoms with Gasteiger partial charge in [-0.15, -0.1) is 0 Å². The molecule has 1 fully saturated rings. The summed E-state index contributed by atoms with van der Waals surface area (Å²) >= 11 is 1.68. The van der Waals surface area contributed by atoms with E-state index < -0.39 is 0 Å². The Labute approximate surface area is 114 Å². The Morgan fingerprint density at radius 2 is 2.22 bits per heavy atom. The minimum absolute atomic E-state index is 0.121. The number of aliphatic hydroxyl groups is 1. The molecule has 1 aliphatic rings. The van der Waals surface area contributed by atoms with E-state index >= 15 is 0 Å². The highest BCUT2D eigenvalue weighted by Crippen LogP contribution is 2.34. The van der Waals surface area contributed by atoms with E-state index in [1.165, 1.54) is 25.7 Å². The Bertz CT molecular complexity index is 389. The lowest BCUT2D eigenvalue weighted by Gasteiger charge is -2.35. The molecule has 2 rings (SSSR count). The lowest BCUT2D eigenvalue weighted by Crippen LogP contribution is -2.39. The highest BCUT2D eigenvalue weighted by Gasteiger charge is 2.25. The van der Waals surface area contributed by atoms with Crippen molar-refractivity contribution in [1.29, 1.82) is 0 Å². The Hall–Kier alpha value is -0.610. The smallest absolute Gasteiger partial charge is 0.186 e. The van der Waals surface area contributed by atoms with Gasteiger partial charge in [0.1, 0.15) is 0 Å². The first-order valence-electron chi connectivity index (χ1n) is 7.04. The second-order valence-electron chi connectivity index (χ2n) is 5.37. The molecule has 0 spiro atoms. The number of aliphatic hydroxyl groups excluding tert-OH is 1. The Morgan fingerprint density at radius 3 is 2.78 bits per heavy atom. The third-order valence-electron chi connectivity index (χ3n) is 3.75. The van der Waals surface area contributed by atoms with E-state index in [0.717, 1.165) is 22.2 Å². The zero-order valence-electron chi connectivity index (χ0n) is 11.6. The molecule has 1 aromatic rings. The average molecular weight is 268 g/mol. The molecule has 0 saturated carbocycles. The summed E-state index contributed by atoms with van der Waals surface area (Å²) in [5.74, 6) is 0.391. The molecule has 1 saturated heterocycles. The van der Waals surface area contributed by atoms with E-state index in [1.54, 1.807) is 11.3 Å². The molecule has 2 heterocycles. The second kappa shape index (κ2) is 6.02. The predicted octanol–water partition coefficient (Wildman–Crippen LogP) is 3.53. The Morgan fingerprint density at radius 1 is 1.44 bits per heavy atom. The van der Waals surface area contributed by atoms with Crippen molar-refractivity contribution in [2.45, 2.75) is 65.0 Å². The lowest BCUT2D eigenvalue weighted by molar-refractivity contribution is 0.283. The largest absolute Gasteiger partial charge is 0.391 e. The first-order valence-corrected chi connectivity index (χ1v) is 7.86. The normalized spacial score (nSPS) is 20.7. The van der Waals surface area contributed by atoms with Gasteiger partial charge in [0.05, 0.1) is 17.2 Å². The van der Waals surface area contributed by atoms with Gasteiger partial charge in [-0.2, -0.15) is 0 Å². The predicted molar refractivity (Wildman–Crippen MR) is 77.4 cm³/mol. The maximum Gasteiger partial charge on any atom is 0.186 e. The van der Waals surface area contributed by atoms with Crippen LogP contribution in [-0.2, 0) is 6.61 Å². The number of hydrogen-bond acceptors (Lipinski definition) is 4. The topological polar surface area (TPSA) is 36.4 Å². The van der Waals surface area contributed by atoms with Gasteiger partial charge in [-0.05, 0) is 31.6 Å². The van der Waals surface area contributed by atoms with Gasteiger partial charge in [0.25, 0.3) is 0 Å². The molecule has 102 valence electrons. The van der Waals surface area contributed by atoms with Gasteiger partial charge >= 0.3 is 0 Å². The van der Waals surface area contributed by atoms with Crippen LogP contribution in [0.1, 0.15) is 62.9 Å². The summed E-state index contributed by atoms with van der Waals surface area (Å²) in [6.45, 7) is 7.79. The summed E-state index contributed by atoms with van der Waals surface area (Å²) in [5.41, 5.74) is 1.08. The fraction of sp³-hybridized carbons (Fsp3) is 0.786. The number of piperidine rings is 1. The van der Waals surface area contributed by atoms with Crippen molar-refractivity contribution in [3.05, 3.63) is 10.6 Å². The molecule has 0 aromatic carbocycles. The number of hydrogen-bond donors (Lipinski definition) is 1. The third-order valence-corrected chi connectivity index (χ3v) is 4.84. The first-order chi connectivity index (χ1) is 8.67. The molecule has 3 nitrogen and oxygen atoms in total. The van der Waals surface area contributed by atoms with Crippen LogP contribution in [0.3, 0.4) is 0 Å². The van der Waals surface area contributed by atoms with E-state index in [-0.39, 0.29) is 6.61 Å². The summed E-state index contributed by atoms with van der Waals surface area (Å²) in [7, 11) is 0. The van der Waals surface area contributed by atoms with Gasteiger partial charge in [0, 0.05) is 12.6 Å². The quantitative estimate of drug-likeness (QED) is 0.907.